The van der Waals surface area contributed by atoms with Crippen molar-refractivity contribution in [1.82, 2.24) is 10.2 Å². The molecule has 1 aliphatic heterocycles. The van der Waals surface area contributed by atoms with Gasteiger partial charge in [-0.05, 0) is 12.8 Å². The standard InChI is InChI=1S/C12H20N2O3/c1-14(8-12(17)4-2-3-5-12)11(16)9-6-10(15)13-7-9/h9,17H,2-8H2,1H3,(H,13,15). The molecule has 1 saturated heterocycles. The van der Waals surface area contributed by atoms with E-state index in [1.54, 1.807) is 11.9 Å². The van der Waals surface area contributed by atoms with Gasteiger partial charge < -0.3 is 15.3 Å². The number of carbonyl (C=O) groups excluding carboxylic acids is 2. The van der Waals surface area contributed by atoms with Crippen LogP contribution in [0.15, 0.2) is 0 Å². The van der Waals surface area contributed by atoms with Crippen molar-refractivity contribution in [2.24, 2.45) is 5.92 Å². The lowest BCUT2D eigenvalue weighted by molar-refractivity contribution is -0.137. The van der Waals surface area contributed by atoms with Crippen LogP contribution in [0.25, 0.3) is 0 Å². The molecule has 2 N–H and O–H groups in total. The molecule has 0 radical (unpaired) electrons. The average Bonchev–Trinajstić information content (AvgIpc) is 2.86. The van der Waals surface area contributed by atoms with Crippen molar-refractivity contribution in [1.29, 1.82) is 0 Å². The maximum atomic E-state index is 12.0. The molecular weight excluding hydrogens is 220 g/mol. The summed E-state index contributed by atoms with van der Waals surface area (Å²) in [4.78, 5) is 24.7. The van der Waals surface area contributed by atoms with Crippen LogP contribution in [-0.4, -0.2) is 47.6 Å². The Kier molecular flexibility index (Phi) is 3.38. The van der Waals surface area contributed by atoms with Crippen LogP contribution in [0, 0.1) is 5.92 Å². The molecule has 1 aliphatic carbocycles. The molecule has 1 heterocycles. The Bertz CT molecular complexity index is 324. The van der Waals surface area contributed by atoms with E-state index in [0.29, 0.717) is 13.1 Å². The van der Waals surface area contributed by atoms with Crippen molar-refractivity contribution in [3.05, 3.63) is 0 Å². The van der Waals surface area contributed by atoms with Gasteiger partial charge in [-0.25, -0.2) is 0 Å². The minimum Gasteiger partial charge on any atom is -0.388 e. The average molecular weight is 240 g/mol. The largest absolute Gasteiger partial charge is 0.388 e. The molecule has 2 aliphatic rings. The van der Waals surface area contributed by atoms with Gasteiger partial charge in [0.2, 0.25) is 11.8 Å². The zero-order valence-corrected chi connectivity index (χ0v) is 10.2. The number of nitrogens with one attached hydrogen (secondary N) is 1. The normalized spacial score (nSPS) is 26.9. The molecule has 2 rings (SSSR count). The van der Waals surface area contributed by atoms with E-state index in [1.807, 2.05) is 0 Å². The summed E-state index contributed by atoms with van der Waals surface area (Å²) in [6.45, 7) is 0.816. The lowest BCUT2D eigenvalue weighted by Crippen LogP contribution is -2.44. The quantitative estimate of drug-likeness (QED) is 0.723. The Morgan fingerprint density at radius 1 is 1.53 bits per heavy atom. The maximum absolute atomic E-state index is 12.0. The van der Waals surface area contributed by atoms with Crippen LogP contribution in [0.2, 0.25) is 0 Å². The molecular formula is C12H20N2O3. The first-order valence-corrected chi connectivity index (χ1v) is 6.24. The molecule has 1 unspecified atom stereocenters. The number of nitrogens with zero attached hydrogens (tertiary/aromatic N) is 1. The van der Waals surface area contributed by atoms with Crippen molar-refractivity contribution < 1.29 is 14.7 Å². The number of amides is 2. The van der Waals surface area contributed by atoms with Crippen LogP contribution in [-0.2, 0) is 9.59 Å². The predicted octanol–water partition coefficient (Wildman–Crippen LogP) is -0.114. The molecule has 0 spiro atoms. The number of likely N-dealkylation sites (N-methyl/N-ethyl adjacent to an activating group) is 1. The van der Waals surface area contributed by atoms with E-state index < -0.39 is 5.60 Å². The lowest BCUT2D eigenvalue weighted by atomic mass is 10.0. The van der Waals surface area contributed by atoms with Gasteiger partial charge in [-0.1, -0.05) is 12.8 Å². The molecule has 96 valence electrons. The highest BCUT2D eigenvalue weighted by Crippen LogP contribution is 2.30. The highest BCUT2D eigenvalue weighted by Gasteiger charge is 2.36. The first-order chi connectivity index (χ1) is 8.00. The second-order valence-corrected chi connectivity index (χ2v) is 5.33. The van der Waals surface area contributed by atoms with Crippen molar-refractivity contribution in [2.45, 2.75) is 37.7 Å². The van der Waals surface area contributed by atoms with Crippen LogP contribution in [0.5, 0.6) is 0 Å². The first kappa shape index (κ1) is 12.4. The third kappa shape index (κ3) is 2.77. The minimum atomic E-state index is -0.708. The fourth-order valence-corrected chi connectivity index (χ4v) is 2.80. The molecule has 17 heavy (non-hydrogen) atoms. The van der Waals surface area contributed by atoms with Gasteiger partial charge in [0.15, 0.2) is 0 Å². The van der Waals surface area contributed by atoms with E-state index in [2.05, 4.69) is 5.32 Å². The van der Waals surface area contributed by atoms with Gasteiger partial charge in [0.05, 0.1) is 11.5 Å². The summed E-state index contributed by atoms with van der Waals surface area (Å²) < 4.78 is 0. The molecule has 0 aromatic carbocycles. The van der Waals surface area contributed by atoms with Crippen LogP contribution in [0.3, 0.4) is 0 Å². The van der Waals surface area contributed by atoms with Crippen molar-refractivity contribution in [3.8, 4) is 0 Å². The van der Waals surface area contributed by atoms with E-state index in [4.69, 9.17) is 0 Å². The Morgan fingerprint density at radius 3 is 2.71 bits per heavy atom. The van der Waals surface area contributed by atoms with Gasteiger partial charge in [-0.2, -0.15) is 0 Å². The third-order valence-corrected chi connectivity index (χ3v) is 3.77. The Balaban J connectivity index is 1.89. The first-order valence-electron chi connectivity index (χ1n) is 6.24. The van der Waals surface area contributed by atoms with Crippen molar-refractivity contribution >= 4 is 11.8 Å². The predicted molar refractivity (Wildman–Crippen MR) is 62.2 cm³/mol. The number of rotatable bonds is 3. The second-order valence-electron chi connectivity index (χ2n) is 5.33. The van der Waals surface area contributed by atoms with Crippen molar-refractivity contribution in [2.75, 3.05) is 20.1 Å². The Hall–Kier alpha value is -1.10. The SMILES string of the molecule is CN(CC1(O)CCCC1)C(=O)C1CNC(=O)C1. The summed E-state index contributed by atoms with van der Waals surface area (Å²) in [5.74, 6) is -0.350. The molecule has 2 amide bonds. The lowest BCUT2D eigenvalue weighted by Gasteiger charge is -2.29. The monoisotopic (exact) mass is 240 g/mol. The van der Waals surface area contributed by atoms with E-state index in [0.717, 1.165) is 25.7 Å². The van der Waals surface area contributed by atoms with Crippen LogP contribution < -0.4 is 5.32 Å². The molecule has 5 heteroatoms. The van der Waals surface area contributed by atoms with Crippen LogP contribution in [0.1, 0.15) is 32.1 Å². The molecule has 0 aromatic heterocycles. The van der Waals surface area contributed by atoms with E-state index in [-0.39, 0.29) is 24.2 Å². The number of carbonyl (C=O) groups is 2. The molecule has 5 nitrogen and oxygen atoms in total. The summed E-state index contributed by atoms with van der Waals surface area (Å²) in [6.07, 6.45) is 3.88. The van der Waals surface area contributed by atoms with E-state index >= 15 is 0 Å². The van der Waals surface area contributed by atoms with Gasteiger partial charge in [0.1, 0.15) is 0 Å². The summed E-state index contributed by atoms with van der Waals surface area (Å²) >= 11 is 0. The van der Waals surface area contributed by atoms with Crippen molar-refractivity contribution in [3.63, 3.8) is 0 Å². The molecule has 0 bridgehead atoms. The van der Waals surface area contributed by atoms with Crippen LogP contribution in [0.4, 0.5) is 0 Å². The maximum Gasteiger partial charge on any atom is 0.227 e. The van der Waals surface area contributed by atoms with Gasteiger partial charge in [-0.15, -0.1) is 0 Å². The molecule has 0 aromatic rings. The van der Waals surface area contributed by atoms with Crippen LogP contribution >= 0.6 is 0 Å². The van der Waals surface area contributed by atoms with Gasteiger partial charge in [-0.3, -0.25) is 9.59 Å². The van der Waals surface area contributed by atoms with Gasteiger partial charge >= 0.3 is 0 Å². The summed E-state index contributed by atoms with van der Waals surface area (Å²) in [5.41, 5.74) is -0.708. The van der Waals surface area contributed by atoms with E-state index in [1.165, 1.54) is 0 Å². The number of hydrogen-bond acceptors (Lipinski definition) is 3. The zero-order chi connectivity index (χ0) is 12.5. The Morgan fingerprint density at radius 2 is 2.18 bits per heavy atom. The molecule has 1 atom stereocenters. The third-order valence-electron chi connectivity index (χ3n) is 3.77. The zero-order valence-electron chi connectivity index (χ0n) is 10.2. The fraction of sp³-hybridized carbons (Fsp3) is 0.833. The Labute approximate surface area is 101 Å². The van der Waals surface area contributed by atoms with Gasteiger partial charge in [0, 0.05) is 26.6 Å². The molecule has 2 fully saturated rings. The minimum absolute atomic E-state index is 0.0383. The highest BCUT2D eigenvalue weighted by atomic mass is 16.3. The van der Waals surface area contributed by atoms with E-state index in [9.17, 15) is 14.7 Å². The fourth-order valence-electron chi connectivity index (χ4n) is 2.80. The molecule has 1 saturated carbocycles. The van der Waals surface area contributed by atoms with Gasteiger partial charge in [0.25, 0.3) is 0 Å². The summed E-state index contributed by atoms with van der Waals surface area (Å²) in [6, 6.07) is 0. The smallest absolute Gasteiger partial charge is 0.227 e. The highest BCUT2D eigenvalue weighted by molar-refractivity contribution is 5.89. The summed E-state index contributed by atoms with van der Waals surface area (Å²) in [7, 11) is 1.71. The second kappa shape index (κ2) is 4.64. The summed E-state index contributed by atoms with van der Waals surface area (Å²) in [5, 5.41) is 12.9. The number of hydrogen-bond donors (Lipinski definition) is 2. The number of aliphatic hydroxyl groups is 1. The topological polar surface area (TPSA) is 69.6 Å².